The summed E-state index contributed by atoms with van der Waals surface area (Å²) in [5, 5.41) is 0. The monoisotopic (exact) mass is 280 g/mol. The highest BCUT2D eigenvalue weighted by atomic mass is 32.2. The smallest absolute Gasteiger partial charge is 0.206 e. The minimum atomic E-state index is -3.46. The van der Waals surface area contributed by atoms with E-state index in [1.165, 1.54) is 0 Å². The predicted molar refractivity (Wildman–Crippen MR) is 72.8 cm³/mol. The van der Waals surface area contributed by atoms with Crippen LogP contribution in [0.3, 0.4) is 0 Å². The van der Waals surface area contributed by atoms with Gasteiger partial charge < -0.3 is 9.47 Å². The molecule has 4 nitrogen and oxygen atoms in total. The van der Waals surface area contributed by atoms with Gasteiger partial charge in [-0.1, -0.05) is 12.2 Å². The van der Waals surface area contributed by atoms with Crippen LogP contribution in [0.4, 0.5) is 0 Å². The van der Waals surface area contributed by atoms with E-state index in [4.69, 9.17) is 9.47 Å². The van der Waals surface area contributed by atoms with Crippen LogP contribution in [0.15, 0.2) is 52.3 Å². The molecule has 0 bridgehead atoms. The van der Waals surface area contributed by atoms with Gasteiger partial charge in [0.2, 0.25) is 9.84 Å². The van der Waals surface area contributed by atoms with Gasteiger partial charge in [-0.15, -0.1) is 0 Å². The molecule has 5 heteroatoms. The second-order valence-corrected chi connectivity index (χ2v) is 6.10. The maximum Gasteiger partial charge on any atom is 0.206 e. The van der Waals surface area contributed by atoms with E-state index < -0.39 is 9.84 Å². The van der Waals surface area contributed by atoms with Crippen molar-refractivity contribution in [3.05, 3.63) is 47.4 Å². The highest BCUT2D eigenvalue weighted by Gasteiger charge is 2.21. The molecule has 0 spiro atoms. The second-order valence-electron chi connectivity index (χ2n) is 4.15. The molecule has 0 N–H and O–H groups in total. The Balaban J connectivity index is 2.28. The van der Waals surface area contributed by atoms with E-state index in [1.54, 1.807) is 56.7 Å². The summed E-state index contributed by atoms with van der Waals surface area (Å²) in [5.74, 6) is 0.631. The largest absolute Gasteiger partial charge is 0.497 e. The molecule has 102 valence electrons. The van der Waals surface area contributed by atoms with Crippen LogP contribution in [0.5, 0.6) is 5.75 Å². The van der Waals surface area contributed by atoms with Gasteiger partial charge in [-0.3, -0.25) is 0 Å². The third kappa shape index (κ3) is 2.88. The van der Waals surface area contributed by atoms with Crippen LogP contribution in [-0.2, 0) is 14.6 Å². The van der Waals surface area contributed by atoms with Gasteiger partial charge in [-0.05, 0) is 36.8 Å². The van der Waals surface area contributed by atoms with E-state index in [0.29, 0.717) is 17.1 Å². The van der Waals surface area contributed by atoms with E-state index in [9.17, 15) is 8.42 Å². The maximum atomic E-state index is 12.4. The molecule has 1 atom stereocenters. The maximum absolute atomic E-state index is 12.4. The van der Waals surface area contributed by atoms with Crippen LogP contribution >= 0.6 is 0 Å². The zero-order valence-corrected chi connectivity index (χ0v) is 11.7. The van der Waals surface area contributed by atoms with E-state index in [1.807, 2.05) is 0 Å². The number of sulfone groups is 1. The van der Waals surface area contributed by atoms with Gasteiger partial charge in [-0.2, -0.15) is 0 Å². The molecule has 2 rings (SSSR count). The van der Waals surface area contributed by atoms with Crippen molar-refractivity contribution in [2.24, 2.45) is 0 Å². The van der Waals surface area contributed by atoms with Crippen LogP contribution in [0, 0.1) is 0 Å². The number of allylic oxidation sites excluding steroid dienone is 1. The topological polar surface area (TPSA) is 52.6 Å². The van der Waals surface area contributed by atoms with E-state index in [0.717, 1.165) is 0 Å². The molecule has 1 aromatic carbocycles. The lowest BCUT2D eigenvalue weighted by Crippen LogP contribution is -2.12. The fourth-order valence-corrected chi connectivity index (χ4v) is 3.19. The first-order valence-corrected chi connectivity index (χ1v) is 7.36. The van der Waals surface area contributed by atoms with Crippen LogP contribution in [0.2, 0.25) is 0 Å². The van der Waals surface area contributed by atoms with Gasteiger partial charge in [0.05, 0.1) is 23.0 Å². The number of ether oxygens (including phenoxy) is 2. The summed E-state index contributed by atoms with van der Waals surface area (Å²) in [5.41, 5.74) is 0. The number of hydrogen-bond donors (Lipinski definition) is 0. The van der Waals surface area contributed by atoms with Crippen LogP contribution < -0.4 is 4.74 Å². The summed E-state index contributed by atoms with van der Waals surface area (Å²) in [4.78, 5) is 0.575. The van der Waals surface area contributed by atoms with E-state index >= 15 is 0 Å². The average molecular weight is 280 g/mol. The van der Waals surface area contributed by atoms with Gasteiger partial charge in [0.15, 0.2) is 0 Å². The fourth-order valence-electron chi connectivity index (χ4n) is 1.85. The molecule has 1 aliphatic rings. The molecule has 0 saturated carbocycles. The molecule has 1 aliphatic carbocycles. The van der Waals surface area contributed by atoms with Crippen molar-refractivity contribution in [2.45, 2.75) is 17.4 Å². The normalized spacial score (nSPS) is 19.1. The fraction of sp³-hybridized carbons (Fsp3) is 0.286. The van der Waals surface area contributed by atoms with Crippen LogP contribution in [-0.4, -0.2) is 28.7 Å². The molecule has 0 aromatic heterocycles. The Kier molecular flexibility index (Phi) is 4.07. The number of hydrogen-bond acceptors (Lipinski definition) is 4. The number of rotatable bonds is 4. The molecule has 1 aromatic rings. The highest BCUT2D eigenvalue weighted by molar-refractivity contribution is 7.95. The van der Waals surface area contributed by atoms with Crippen molar-refractivity contribution in [2.75, 3.05) is 14.2 Å². The second kappa shape index (κ2) is 5.59. The Hall–Kier alpha value is -1.59. The van der Waals surface area contributed by atoms with Crippen LogP contribution in [0.25, 0.3) is 0 Å². The molecule has 0 aliphatic heterocycles. The van der Waals surface area contributed by atoms with Crippen molar-refractivity contribution in [3.8, 4) is 5.75 Å². The highest BCUT2D eigenvalue weighted by Crippen LogP contribution is 2.25. The molecule has 0 saturated heterocycles. The average Bonchev–Trinajstić information content (AvgIpc) is 2.47. The number of methoxy groups -OCH3 is 2. The van der Waals surface area contributed by atoms with Gasteiger partial charge in [0.1, 0.15) is 5.75 Å². The van der Waals surface area contributed by atoms with Gasteiger partial charge in [-0.25, -0.2) is 8.42 Å². The standard InChI is InChI=1S/C14H16O4S/c1-17-11-3-7-13(8-4-11)19(15,16)14-9-5-12(18-2)6-10-14/h3-5,7-10,12H,6H2,1-2H3. The third-order valence-electron chi connectivity index (χ3n) is 3.01. The predicted octanol–water partition coefficient (Wildman–Crippen LogP) is 2.33. The lowest BCUT2D eigenvalue weighted by Gasteiger charge is -2.15. The first-order valence-electron chi connectivity index (χ1n) is 5.88. The minimum Gasteiger partial charge on any atom is -0.497 e. The quantitative estimate of drug-likeness (QED) is 0.849. The minimum absolute atomic E-state index is 0.0465. The Morgan fingerprint density at radius 3 is 2.32 bits per heavy atom. The summed E-state index contributed by atoms with van der Waals surface area (Å²) in [6, 6.07) is 6.37. The molecular formula is C14H16O4S. The summed E-state index contributed by atoms with van der Waals surface area (Å²) in [7, 11) is -0.310. The summed E-state index contributed by atoms with van der Waals surface area (Å²) >= 11 is 0. The third-order valence-corrected chi connectivity index (χ3v) is 4.83. The first kappa shape index (κ1) is 13.8. The summed E-state index contributed by atoms with van der Waals surface area (Å²) < 4.78 is 34.9. The molecule has 0 heterocycles. The molecule has 0 fully saturated rings. The summed E-state index contributed by atoms with van der Waals surface area (Å²) in [6.45, 7) is 0. The van der Waals surface area contributed by atoms with Gasteiger partial charge in [0.25, 0.3) is 0 Å². The van der Waals surface area contributed by atoms with Crippen molar-refractivity contribution in [1.82, 2.24) is 0 Å². The number of benzene rings is 1. The van der Waals surface area contributed by atoms with Crippen molar-refractivity contribution < 1.29 is 17.9 Å². The Labute approximate surface area is 113 Å². The summed E-state index contributed by atoms with van der Waals surface area (Å²) in [6.07, 6.45) is 5.56. The SMILES string of the molecule is COc1ccc(S(=O)(=O)C2=CCC(OC)C=C2)cc1. The van der Waals surface area contributed by atoms with Gasteiger partial charge in [0, 0.05) is 7.11 Å². The Morgan fingerprint density at radius 1 is 1.16 bits per heavy atom. The first-order chi connectivity index (χ1) is 9.07. The molecule has 0 radical (unpaired) electrons. The molecule has 0 amide bonds. The lowest BCUT2D eigenvalue weighted by molar-refractivity contribution is 0.142. The molecule has 19 heavy (non-hydrogen) atoms. The zero-order chi connectivity index (χ0) is 13.9. The zero-order valence-electron chi connectivity index (χ0n) is 10.9. The Morgan fingerprint density at radius 2 is 1.84 bits per heavy atom. The van der Waals surface area contributed by atoms with Gasteiger partial charge >= 0.3 is 0 Å². The lowest BCUT2D eigenvalue weighted by atomic mass is 10.1. The Bertz CT molecular complexity index is 597. The molecule has 1 unspecified atom stereocenters. The van der Waals surface area contributed by atoms with Crippen molar-refractivity contribution in [3.63, 3.8) is 0 Å². The van der Waals surface area contributed by atoms with E-state index in [-0.39, 0.29) is 11.0 Å². The van der Waals surface area contributed by atoms with Crippen LogP contribution in [0.1, 0.15) is 6.42 Å². The molecular weight excluding hydrogens is 264 g/mol. The van der Waals surface area contributed by atoms with Crippen molar-refractivity contribution >= 4 is 9.84 Å². The van der Waals surface area contributed by atoms with Crippen molar-refractivity contribution in [1.29, 1.82) is 0 Å². The van der Waals surface area contributed by atoms with E-state index in [2.05, 4.69) is 0 Å².